The number of ether oxygens (including phenoxy) is 1. The molecule has 2 aromatic rings. The van der Waals surface area contributed by atoms with Gasteiger partial charge in [0.1, 0.15) is 5.75 Å². The van der Waals surface area contributed by atoms with Gasteiger partial charge < -0.3 is 4.74 Å². The number of hydrogen-bond acceptors (Lipinski definition) is 1. The van der Waals surface area contributed by atoms with Crippen molar-refractivity contribution in [3.8, 4) is 5.75 Å². The Morgan fingerprint density at radius 1 is 0.944 bits per heavy atom. The van der Waals surface area contributed by atoms with Crippen molar-refractivity contribution >= 4 is 39.1 Å². The second-order valence-corrected chi connectivity index (χ2v) is 5.63. The first-order valence-corrected chi connectivity index (χ1v) is 7.01. The van der Waals surface area contributed by atoms with Crippen LogP contribution in [0, 0.1) is 0 Å². The van der Waals surface area contributed by atoms with Crippen molar-refractivity contribution < 1.29 is 4.74 Å². The smallest absolute Gasteiger partial charge is 0.118 e. The van der Waals surface area contributed by atoms with Crippen LogP contribution in [0.2, 0.25) is 10.0 Å². The minimum Gasteiger partial charge on any atom is -0.497 e. The van der Waals surface area contributed by atoms with Crippen LogP contribution in [0.15, 0.2) is 42.5 Å². The fourth-order valence-electron chi connectivity index (χ4n) is 1.69. The molecule has 1 unspecified atom stereocenters. The first-order chi connectivity index (χ1) is 8.60. The third kappa shape index (κ3) is 3.19. The standard InChI is InChI=1S/C14H11BrCl2O/c1-18-13-4-2-9(3-5-13)14(15)10-6-11(16)8-12(17)7-10/h2-8,14H,1H3. The Kier molecular flexibility index (Phi) is 4.55. The Morgan fingerprint density at radius 3 is 2.00 bits per heavy atom. The number of halogens is 3. The summed E-state index contributed by atoms with van der Waals surface area (Å²) in [4.78, 5) is 0.0552. The van der Waals surface area contributed by atoms with Crippen molar-refractivity contribution in [2.45, 2.75) is 4.83 Å². The molecule has 0 aromatic heterocycles. The molecule has 94 valence electrons. The van der Waals surface area contributed by atoms with E-state index >= 15 is 0 Å². The van der Waals surface area contributed by atoms with E-state index in [0.29, 0.717) is 10.0 Å². The first-order valence-electron chi connectivity index (χ1n) is 5.34. The average Bonchev–Trinajstić information content (AvgIpc) is 2.37. The molecule has 0 aliphatic rings. The number of hydrogen-bond donors (Lipinski definition) is 0. The van der Waals surface area contributed by atoms with Gasteiger partial charge in [0.2, 0.25) is 0 Å². The first kappa shape index (κ1) is 13.7. The van der Waals surface area contributed by atoms with Gasteiger partial charge in [0, 0.05) is 10.0 Å². The highest BCUT2D eigenvalue weighted by Crippen LogP contribution is 2.34. The third-order valence-corrected chi connectivity index (χ3v) is 4.08. The van der Waals surface area contributed by atoms with E-state index in [9.17, 15) is 0 Å². The zero-order valence-electron chi connectivity index (χ0n) is 9.66. The number of benzene rings is 2. The summed E-state index contributed by atoms with van der Waals surface area (Å²) >= 11 is 15.7. The van der Waals surface area contributed by atoms with Crippen LogP contribution in [0.1, 0.15) is 16.0 Å². The van der Waals surface area contributed by atoms with Crippen LogP contribution in [0.5, 0.6) is 5.75 Å². The predicted octanol–water partition coefficient (Wildman–Crippen LogP) is 5.49. The largest absolute Gasteiger partial charge is 0.497 e. The molecule has 0 aliphatic heterocycles. The van der Waals surface area contributed by atoms with E-state index in [0.717, 1.165) is 16.9 Å². The van der Waals surface area contributed by atoms with E-state index in [4.69, 9.17) is 27.9 Å². The van der Waals surface area contributed by atoms with Crippen molar-refractivity contribution in [1.82, 2.24) is 0 Å². The molecule has 1 atom stereocenters. The second kappa shape index (κ2) is 5.96. The summed E-state index contributed by atoms with van der Waals surface area (Å²) in [7, 11) is 1.65. The molecule has 0 spiro atoms. The summed E-state index contributed by atoms with van der Waals surface area (Å²) in [5.41, 5.74) is 2.15. The van der Waals surface area contributed by atoms with Crippen LogP contribution in [-0.4, -0.2) is 7.11 Å². The number of rotatable bonds is 3. The van der Waals surface area contributed by atoms with Crippen LogP contribution in [0.25, 0.3) is 0 Å². The lowest BCUT2D eigenvalue weighted by Gasteiger charge is -2.12. The van der Waals surface area contributed by atoms with Gasteiger partial charge >= 0.3 is 0 Å². The summed E-state index contributed by atoms with van der Waals surface area (Å²) in [5, 5.41) is 1.27. The third-order valence-electron chi connectivity index (χ3n) is 2.59. The maximum absolute atomic E-state index is 6.00. The molecule has 0 saturated carbocycles. The molecule has 0 bridgehead atoms. The van der Waals surface area contributed by atoms with Crippen molar-refractivity contribution in [1.29, 1.82) is 0 Å². The fourth-order valence-corrected chi connectivity index (χ4v) is 2.80. The quantitative estimate of drug-likeness (QED) is 0.668. The van der Waals surface area contributed by atoms with Crippen molar-refractivity contribution in [3.05, 3.63) is 63.6 Å². The van der Waals surface area contributed by atoms with Crippen molar-refractivity contribution in [2.24, 2.45) is 0 Å². The van der Waals surface area contributed by atoms with Gasteiger partial charge in [-0.25, -0.2) is 0 Å². The minimum absolute atomic E-state index is 0.0552. The van der Waals surface area contributed by atoms with Crippen LogP contribution < -0.4 is 4.74 Å². The SMILES string of the molecule is COc1ccc(C(Br)c2cc(Cl)cc(Cl)c2)cc1. The maximum Gasteiger partial charge on any atom is 0.118 e. The molecule has 0 N–H and O–H groups in total. The molecule has 18 heavy (non-hydrogen) atoms. The monoisotopic (exact) mass is 344 g/mol. The van der Waals surface area contributed by atoms with Gasteiger partial charge in [0.05, 0.1) is 11.9 Å². The van der Waals surface area contributed by atoms with E-state index in [1.807, 2.05) is 36.4 Å². The average molecular weight is 346 g/mol. The molecular weight excluding hydrogens is 335 g/mol. The Labute approximate surface area is 125 Å². The Balaban J connectivity index is 2.31. The minimum atomic E-state index is 0.0552. The van der Waals surface area contributed by atoms with E-state index in [1.165, 1.54) is 0 Å². The highest BCUT2D eigenvalue weighted by Gasteiger charge is 2.11. The van der Waals surface area contributed by atoms with E-state index in [2.05, 4.69) is 15.9 Å². The molecule has 2 rings (SSSR count). The molecule has 0 radical (unpaired) electrons. The zero-order chi connectivity index (χ0) is 13.1. The summed E-state index contributed by atoms with van der Waals surface area (Å²) in [6.07, 6.45) is 0. The van der Waals surface area contributed by atoms with Gasteiger partial charge in [0.15, 0.2) is 0 Å². The van der Waals surface area contributed by atoms with Gasteiger partial charge in [-0.1, -0.05) is 51.3 Å². The van der Waals surface area contributed by atoms with Crippen molar-refractivity contribution in [2.75, 3.05) is 7.11 Å². The Hall–Kier alpha value is -0.700. The second-order valence-electron chi connectivity index (χ2n) is 3.84. The highest BCUT2D eigenvalue weighted by molar-refractivity contribution is 9.09. The van der Waals surface area contributed by atoms with Crippen LogP contribution in [0.3, 0.4) is 0 Å². The Bertz CT molecular complexity index is 520. The maximum atomic E-state index is 6.00. The lowest BCUT2D eigenvalue weighted by molar-refractivity contribution is 0.414. The number of methoxy groups -OCH3 is 1. The number of alkyl halides is 1. The molecular formula is C14H11BrCl2O. The van der Waals surface area contributed by atoms with Crippen LogP contribution in [0.4, 0.5) is 0 Å². The summed E-state index contributed by atoms with van der Waals surface area (Å²) < 4.78 is 5.14. The lowest BCUT2D eigenvalue weighted by atomic mass is 10.0. The van der Waals surface area contributed by atoms with Crippen LogP contribution in [-0.2, 0) is 0 Å². The molecule has 0 saturated heterocycles. The molecule has 0 aliphatic carbocycles. The summed E-state index contributed by atoms with van der Waals surface area (Å²) in [6, 6.07) is 13.4. The normalized spacial score (nSPS) is 12.2. The lowest BCUT2D eigenvalue weighted by Crippen LogP contribution is -1.93. The molecule has 1 nitrogen and oxygen atoms in total. The van der Waals surface area contributed by atoms with E-state index in [1.54, 1.807) is 13.2 Å². The molecule has 0 amide bonds. The summed E-state index contributed by atoms with van der Waals surface area (Å²) in [5.74, 6) is 0.836. The molecule has 0 heterocycles. The van der Waals surface area contributed by atoms with E-state index in [-0.39, 0.29) is 4.83 Å². The van der Waals surface area contributed by atoms with Gasteiger partial charge in [-0.05, 0) is 41.5 Å². The predicted molar refractivity (Wildman–Crippen MR) is 80.2 cm³/mol. The van der Waals surface area contributed by atoms with Gasteiger partial charge in [0.25, 0.3) is 0 Å². The highest BCUT2D eigenvalue weighted by atomic mass is 79.9. The fraction of sp³-hybridized carbons (Fsp3) is 0.143. The zero-order valence-corrected chi connectivity index (χ0v) is 12.8. The van der Waals surface area contributed by atoms with Crippen LogP contribution >= 0.6 is 39.1 Å². The van der Waals surface area contributed by atoms with Gasteiger partial charge in [-0.2, -0.15) is 0 Å². The molecule has 4 heteroatoms. The van der Waals surface area contributed by atoms with Crippen molar-refractivity contribution in [3.63, 3.8) is 0 Å². The van der Waals surface area contributed by atoms with Gasteiger partial charge in [-0.3, -0.25) is 0 Å². The topological polar surface area (TPSA) is 9.23 Å². The Morgan fingerprint density at radius 2 is 1.50 bits per heavy atom. The molecule has 2 aromatic carbocycles. The summed E-state index contributed by atoms with van der Waals surface area (Å²) in [6.45, 7) is 0. The molecule has 0 fully saturated rings. The van der Waals surface area contributed by atoms with E-state index < -0.39 is 0 Å². The van der Waals surface area contributed by atoms with Gasteiger partial charge in [-0.15, -0.1) is 0 Å².